The summed E-state index contributed by atoms with van der Waals surface area (Å²) >= 11 is 0. The normalized spacial score (nSPS) is 19.9. The monoisotopic (exact) mass is 369 g/mol. The number of nitrogens with two attached hydrogens (primary N) is 1. The maximum atomic E-state index is 12.5. The summed E-state index contributed by atoms with van der Waals surface area (Å²) in [5.74, 6) is 0. The molecule has 7 nitrogen and oxygen atoms in total. The third-order valence-corrected chi connectivity index (χ3v) is 6.97. The number of nitrogens with zero attached hydrogens (tertiary/aromatic N) is 1. The van der Waals surface area contributed by atoms with Gasteiger partial charge in [-0.25, -0.2) is 21.6 Å². The van der Waals surface area contributed by atoms with Gasteiger partial charge < -0.3 is 5.73 Å². The highest BCUT2D eigenvalue weighted by molar-refractivity contribution is 7.89. The van der Waals surface area contributed by atoms with Crippen LogP contribution in [0, 0.1) is 6.92 Å². The zero-order chi connectivity index (χ0) is 15.8. The molecule has 1 saturated heterocycles. The van der Waals surface area contributed by atoms with Crippen LogP contribution in [0.4, 0.5) is 0 Å². The van der Waals surface area contributed by atoms with Crippen LogP contribution in [-0.4, -0.2) is 47.3 Å². The molecule has 1 aromatic rings. The molecule has 1 atom stereocenters. The number of hydrogen-bond acceptors (Lipinski definition) is 5. The number of hydrogen-bond donors (Lipinski definition) is 2. The summed E-state index contributed by atoms with van der Waals surface area (Å²) in [6.07, 6.45) is 0.629. The Hall–Kier alpha value is -0.710. The average molecular weight is 370 g/mol. The fourth-order valence-corrected chi connectivity index (χ4v) is 4.86. The van der Waals surface area contributed by atoms with Gasteiger partial charge in [-0.15, -0.1) is 12.4 Å². The highest BCUT2D eigenvalue weighted by Gasteiger charge is 2.31. The molecule has 22 heavy (non-hydrogen) atoms. The Morgan fingerprint density at radius 2 is 1.91 bits per heavy atom. The number of sulfonamides is 2. The van der Waals surface area contributed by atoms with Crippen LogP contribution in [0.25, 0.3) is 0 Å². The summed E-state index contributed by atoms with van der Waals surface area (Å²) in [4.78, 5) is 0.159. The molecule has 0 spiro atoms. The van der Waals surface area contributed by atoms with E-state index in [0.29, 0.717) is 18.5 Å². The molecule has 0 saturated carbocycles. The summed E-state index contributed by atoms with van der Waals surface area (Å²) in [6.45, 7) is 2.25. The van der Waals surface area contributed by atoms with Gasteiger partial charge in [-0.1, -0.05) is 0 Å². The first-order chi connectivity index (χ1) is 9.68. The lowest BCUT2D eigenvalue weighted by molar-refractivity contribution is 0.472. The lowest BCUT2D eigenvalue weighted by atomic mass is 10.2. The van der Waals surface area contributed by atoms with Crippen molar-refractivity contribution in [1.29, 1.82) is 0 Å². The van der Waals surface area contributed by atoms with Gasteiger partial charge in [-0.3, -0.25) is 0 Å². The highest BCUT2D eigenvalue weighted by Crippen LogP contribution is 2.24. The molecular formula is C12H20ClN3O4S2. The van der Waals surface area contributed by atoms with Gasteiger partial charge in [-0.2, -0.15) is 4.31 Å². The Morgan fingerprint density at radius 3 is 2.36 bits per heavy atom. The van der Waals surface area contributed by atoms with Crippen molar-refractivity contribution in [3.63, 3.8) is 0 Å². The van der Waals surface area contributed by atoms with Crippen LogP contribution < -0.4 is 10.5 Å². The first-order valence-electron chi connectivity index (χ1n) is 6.48. The molecule has 0 aromatic heterocycles. The first kappa shape index (κ1) is 19.3. The van der Waals surface area contributed by atoms with Crippen LogP contribution in [0.1, 0.15) is 12.0 Å². The van der Waals surface area contributed by atoms with Crippen molar-refractivity contribution >= 4 is 32.5 Å². The maximum Gasteiger partial charge on any atom is 0.243 e. The second-order valence-electron chi connectivity index (χ2n) is 5.05. The van der Waals surface area contributed by atoms with Gasteiger partial charge >= 0.3 is 0 Å². The summed E-state index contributed by atoms with van der Waals surface area (Å²) < 4.78 is 52.1. The van der Waals surface area contributed by atoms with Gasteiger partial charge in [0.25, 0.3) is 0 Å². The van der Waals surface area contributed by atoms with E-state index in [0.717, 1.165) is 0 Å². The second kappa shape index (κ2) is 6.81. The number of rotatable bonds is 4. The predicted octanol–water partition coefficient (Wildman–Crippen LogP) is 0.0466. The fraction of sp³-hybridized carbons (Fsp3) is 0.500. The number of benzene rings is 1. The Bertz CT molecular complexity index is 750. The maximum absolute atomic E-state index is 12.5. The minimum atomic E-state index is -3.62. The van der Waals surface area contributed by atoms with Crippen LogP contribution in [0.2, 0.25) is 0 Å². The van der Waals surface area contributed by atoms with Crippen LogP contribution in [0.15, 0.2) is 28.0 Å². The van der Waals surface area contributed by atoms with E-state index in [1.165, 1.54) is 29.6 Å². The Morgan fingerprint density at radius 1 is 1.27 bits per heavy atom. The van der Waals surface area contributed by atoms with Gasteiger partial charge in [-0.05, 0) is 44.2 Å². The van der Waals surface area contributed by atoms with E-state index in [1.54, 1.807) is 6.92 Å². The van der Waals surface area contributed by atoms with E-state index in [4.69, 9.17) is 5.73 Å². The van der Waals surface area contributed by atoms with Gasteiger partial charge in [0, 0.05) is 19.1 Å². The van der Waals surface area contributed by atoms with Gasteiger partial charge in [0.1, 0.15) is 0 Å². The minimum absolute atomic E-state index is 0. The summed E-state index contributed by atoms with van der Waals surface area (Å²) in [5, 5.41) is 0. The van der Waals surface area contributed by atoms with Gasteiger partial charge in [0.05, 0.1) is 9.79 Å². The van der Waals surface area contributed by atoms with Crippen molar-refractivity contribution in [1.82, 2.24) is 9.03 Å². The van der Waals surface area contributed by atoms with Crippen molar-refractivity contribution < 1.29 is 16.8 Å². The molecule has 2 rings (SSSR count). The van der Waals surface area contributed by atoms with Gasteiger partial charge in [0.2, 0.25) is 20.0 Å². The van der Waals surface area contributed by atoms with Crippen LogP contribution in [-0.2, 0) is 20.0 Å². The molecule has 3 N–H and O–H groups in total. The highest BCUT2D eigenvalue weighted by atomic mass is 35.5. The SMILES string of the molecule is CNS(=O)(=O)c1ccc(S(=O)(=O)N2CC[C@H](N)C2)cc1C.Cl. The Labute approximate surface area is 137 Å². The van der Waals surface area contributed by atoms with E-state index in [-0.39, 0.29) is 34.8 Å². The van der Waals surface area contributed by atoms with Gasteiger partial charge in [0.15, 0.2) is 0 Å². The summed E-state index contributed by atoms with van der Waals surface area (Å²) in [7, 11) is -5.91. The zero-order valence-electron chi connectivity index (χ0n) is 12.3. The number of halogens is 1. The molecule has 0 aliphatic carbocycles. The topological polar surface area (TPSA) is 110 Å². The molecule has 10 heteroatoms. The molecule has 1 aliphatic rings. The van der Waals surface area contributed by atoms with Crippen molar-refractivity contribution in [2.45, 2.75) is 29.2 Å². The van der Waals surface area contributed by atoms with Crippen molar-refractivity contribution in [2.24, 2.45) is 5.73 Å². The summed E-state index contributed by atoms with van der Waals surface area (Å²) in [5.41, 5.74) is 6.12. The minimum Gasteiger partial charge on any atom is -0.326 e. The average Bonchev–Trinajstić information content (AvgIpc) is 2.85. The molecule has 0 bridgehead atoms. The predicted molar refractivity (Wildman–Crippen MR) is 86.0 cm³/mol. The second-order valence-corrected chi connectivity index (χ2v) is 8.84. The molecule has 126 valence electrons. The third-order valence-electron chi connectivity index (χ3n) is 3.53. The van der Waals surface area contributed by atoms with Crippen LogP contribution >= 0.6 is 12.4 Å². The molecule has 1 aliphatic heterocycles. The quantitative estimate of drug-likeness (QED) is 0.779. The van der Waals surface area contributed by atoms with Crippen LogP contribution in [0.3, 0.4) is 0 Å². The van der Waals surface area contributed by atoms with E-state index < -0.39 is 20.0 Å². The standard InChI is InChI=1S/C12H19N3O4S2.ClH/c1-9-7-11(3-4-12(9)20(16,17)14-2)21(18,19)15-6-5-10(13)8-15;/h3-4,7,10,14H,5-6,8,13H2,1-2H3;1H/t10-;/m0./s1. The Kier molecular flexibility index (Phi) is 5.99. The molecule has 1 fully saturated rings. The molecule has 1 heterocycles. The van der Waals surface area contributed by atoms with Crippen molar-refractivity contribution in [3.8, 4) is 0 Å². The zero-order valence-corrected chi connectivity index (χ0v) is 14.8. The van der Waals surface area contributed by atoms with Crippen molar-refractivity contribution in [3.05, 3.63) is 23.8 Å². The van der Waals surface area contributed by atoms with Crippen molar-refractivity contribution in [2.75, 3.05) is 20.1 Å². The van der Waals surface area contributed by atoms with Crippen LogP contribution in [0.5, 0.6) is 0 Å². The Balaban J connectivity index is 0.00000242. The molecular weight excluding hydrogens is 350 g/mol. The van der Waals surface area contributed by atoms with E-state index in [1.807, 2.05) is 0 Å². The van der Waals surface area contributed by atoms with E-state index in [2.05, 4.69) is 4.72 Å². The molecule has 1 aromatic carbocycles. The van der Waals surface area contributed by atoms with E-state index in [9.17, 15) is 16.8 Å². The lowest BCUT2D eigenvalue weighted by Gasteiger charge is -2.17. The fourth-order valence-electron chi connectivity index (χ4n) is 2.32. The number of aryl methyl sites for hydroxylation is 1. The summed E-state index contributed by atoms with van der Waals surface area (Å²) in [6, 6.07) is 3.86. The third kappa shape index (κ3) is 3.61. The first-order valence-corrected chi connectivity index (χ1v) is 9.41. The largest absolute Gasteiger partial charge is 0.326 e. The van der Waals surface area contributed by atoms with E-state index >= 15 is 0 Å². The molecule has 0 amide bonds. The molecule has 0 radical (unpaired) electrons. The lowest BCUT2D eigenvalue weighted by Crippen LogP contribution is -2.32. The number of nitrogens with one attached hydrogen (secondary N) is 1. The smallest absolute Gasteiger partial charge is 0.243 e. The molecule has 0 unspecified atom stereocenters.